The zero-order valence-electron chi connectivity index (χ0n) is 12.2. The van der Waals surface area contributed by atoms with Gasteiger partial charge in [0.15, 0.2) is 5.17 Å². The first-order valence-corrected chi connectivity index (χ1v) is 9.28. The summed E-state index contributed by atoms with van der Waals surface area (Å²) >= 11 is 11.0. The summed E-state index contributed by atoms with van der Waals surface area (Å²) in [5.41, 5.74) is 1.79. The molecule has 0 unspecified atom stereocenters. The van der Waals surface area contributed by atoms with Gasteiger partial charge in [-0.1, -0.05) is 51.4 Å². The van der Waals surface area contributed by atoms with E-state index in [1.54, 1.807) is 16.7 Å². The van der Waals surface area contributed by atoms with E-state index in [0.29, 0.717) is 18.7 Å². The van der Waals surface area contributed by atoms with Gasteiger partial charge < -0.3 is 0 Å². The summed E-state index contributed by atoms with van der Waals surface area (Å²) in [5, 5.41) is 1.50. The predicted molar refractivity (Wildman–Crippen MR) is 100 cm³/mol. The van der Waals surface area contributed by atoms with Crippen LogP contribution in [0.1, 0.15) is 15.9 Å². The summed E-state index contributed by atoms with van der Waals surface area (Å²) in [4.78, 5) is 18.8. The summed E-state index contributed by atoms with van der Waals surface area (Å²) in [7, 11) is 0. The Morgan fingerprint density at radius 2 is 2.04 bits per heavy atom. The maximum absolute atomic E-state index is 12.6. The Balaban J connectivity index is 1.67. The molecule has 1 amide bonds. The molecular formula is C17H14BrClN2OS. The van der Waals surface area contributed by atoms with Crippen LogP contribution in [0, 0.1) is 0 Å². The molecule has 0 N–H and O–H groups in total. The summed E-state index contributed by atoms with van der Waals surface area (Å²) in [6, 6.07) is 15.1. The van der Waals surface area contributed by atoms with Crippen LogP contribution >= 0.6 is 39.3 Å². The van der Waals surface area contributed by atoms with E-state index in [1.165, 1.54) is 0 Å². The topological polar surface area (TPSA) is 32.7 Å². The van der Waals surface area contributed by atoms with E-state index in [4.69, 9.17) is 11.6 Å². The molecule has 0 fully saturated rings. The van der Waals surface area contributed by atoms with E-state index >= 15 is 0 Å². The van der Waals surface area contributed by atoms with Gasteiger partial charge in [-0.2, -0.15) is 0 Å². The lowest BCUT2D eigenvalue weighted by atomic mass is 10.2. The minimum atomic E-state index is -0.00709. The Hall–Kier alpha value is -1.30. The first-order valence-electron chi connectivity index (χ1n) is 7.12. The number of halogens is 2. The fourth-order valence-electron chi connectivity index (χ4n) is 2.26. The second-order valence-electron chi connectivity index (χ2n) is 5.05. The summed E-state index contributed by atoms with van der Waals surface area (Å²) in [5.74, 6) is 0.733. The lowest BCUT2D eigenvalue weighted by molar-refractivity contribution is 0.0860. The molecule has 0 atom stereocenters. The molecule has 1 aliphatic rings. The van der Waals surface area contributed by atoms with Crippen LogP contribution in [0.3, 0.4) is 0 Å². The number of aliphatic imine (C=N–C) groups is 1. The highest BCUT2D eigenvalue weighted by Crippen LogP contribution is 2.23. The fraction of sp³-hybridized carbons (Fsp3) is 0.176. The highest BCUT2D eigenvalue weighted by atomic mass is 79.9. The van der Waals surface area contributed by atoms with Crippen molar-refractivity contribution >= 4 is 50.4 Å². The lowest BCUT2D eigenvalue weighted by Crippen LogP contribution is -2.32. The van der Waals surface area contributed by atoms with Crippen molar-refractivity contribution in [3.63, 3.8) is 0 Å². The molecule has 23 heavy (non-hydrogen) atoms. The van der Waals surface area contributed by atoms with E-state index in [9.17, 15) is 4.79 Å². The third-order valence-electron chi connectivity index (χ3n) is 3.39. The number of carbonyl (C=O) groups excluding carboxylic acids is 1. The van der Waals surface area contributed by atoms with Gasteiger partial charge in [-0.05, 0) is 42.0 Å². The van der Waals surface area contributed by atoms with Crippen LogP contribution < -0.4 is 0 Å². The van der Waals surface area contributed by atoms with Crippen molar-refractivity contribution in [2.24, 2.45) is 4.99 Å². The predicted octanol–water partition coefficient (Wildman–Crippen LogP) is 4.85. The smallest absolute Gasteiger partial charge is 0.259 e. The minimum Gasteiger partial charge on any atom is -0.286 e. The van der Waals surface area contributed by atoms with Crippen molar-refractivity contribution in [2.75, 3.05) is 13.1 Å². The number of hydrogen-bond acceptors (Lipinski definition) is 3. The number of thioether (sulfide) groups is 1. The molecule has 3 rings (SSSR count). The molecule has 2 aromatic rings. The molecule has 1 heterocycles. The third kappa shape index (κ3) is 4.16. The maximum atomic E-state index is 12.6. The first kappa shape index (κ1) is 16.6. The first-order chi connectivity index (χ1) is 11.1. The molecule has 0 saturated heterocycles. The average molecular weight is 410 g/mol. The number of hydrogen-bond donors (Lipinski definition) is 0. The summed E-state index contributed by atoms with van der Waals surface area (Å²) < 4.78 is 0.958. The normalized spacial score (nSPS) is 14.0. The van der Waals surface area contributed by atoms with Gasteiger partial charge in [0, 0.05) is 27.4 Å². The summed E-state index contributed by atoms with van der Waals surface area (Å²) in [6.45, 7) is 1.28. The minimum absolute atomic E-state index is 0.00709. The van der Waals surface area contributed by atoms with Crippen molar-refractivity contribution in [3.05, 3.63) is 69.2 Å². The number of rotatable bonds is 3. The molecular weight excluding hydrogens is 396 g/mol. The van der Waals surface area contributed by atoms with Gasteiger partial charge >= 0.3 is 0 Å². The molecule has 1 aliphatic heterocycles. The number of nitrogens with zero attached hydrogens (tertiary/aromatic N) is 2. The van der Waals surface area contributed by atoms with E-state index in [1.807, 2.05) is 48.5 Å². The molecule has 3 nitrogen and oxygen atoms in total. The molecule has 118 valence electrons. The van der Waals surface area contributed by atoms with Crippen molar-refractivity contribution in [1.29, 1.82) is 0 Å². The molecule has 0 saturated carbocycles. The van der Waals surface area contributed by atoms with E-state index < -0.39 is 0 Å². The van der Waals surface area contributed by atoms with Crippen LogP contribution in [-0.2, 0) is 5.75 Å². The van der Waals surface area contributed by atoms with Gasteiger partial charge in [-0.25, -0.2) is 0 Å². The molecule has 0 radical (unpaired) electrons. The lowest BCUT2D eigenvalue weighted by Gasteiger charge is -2.18. The average Bonchev–Trinajstić information content (AvgIpc) is 3.01. The molecule has 0 aromatic heterocycles. The summed E-state index contributed by atoms with van der Waals surface area (Å²) in [6.07, 6.45) is 0. The van der Waals surface area contributed by atoms with Gasteiger partial charge in [0.1, 0.15) is 0 Å². The highest BCUT2D eigenvalue weighted by molar-refractivity contribution is 9.10. The second kappa shape index (κ2) is 7.51. The monoisotopic (exact) mass is 408 g/mol. The van der Waals surface area contributed by atoms with Crippen LogP contribution in [0.4, 0.5) is 0 Å². The van der Waals surface area contributed by atoms with Crippen LogP contribution in [0.5, 0.6) is 0 Å². The van der Waals surface area contributed by atoms with Crippen LogP contribution in [0.2, 0.25) is 5.02 Å². The zero-order valence-corrected chi connectivity index (χ0v) is 15.4. The van der Waals surface area contributed by atoms with E-state index in [-0.39, 0.29) is 5.91 Å². The number of carbonyl (C=O) groups is 1. The Bertz CT molecular complexity index is 749. The van der Waals surface area contributed by atoms with Crippen molar-refractivity contribution in [2.45, 2.75) is 5.75 Å². The zero-order chi connectivity index (χ0) is 16.2. The highest BCUT2D eigenvalue weighted by Gasteiger charge is 2.25. The standard InChI is InChI=1S/C17H14BrClN2OS/c18-14-6-4-13(5-7-14)16(22)21-9-8-20-17(21)23-11-12-2-1-3-15(19)10-12/h1-7,10H,8-9,11H2. The fourth-order valence-corrected chi connectivity index (χ4v) is 3.73. The van der Waals surface area contributed by atoms with Crippen molar-refractivity contribution in [3.8, 4) is 0 Å². The van der Waals surface area contributed by atoms with E-state index in [2.05, 4.69) is 20.9 Å². The second-order valence-corrected chi connectivity index (χ2v) is 7.34. The Morgan fingerprint density at radius 3 is 2.78 bits per heavy atom. The van der Waals surface area contributed by atoms with Gasteiger partial charge in [0.25, 0.3) is 5.91 Å². The largest absolute Gasteiger partial charge is 0.286 e. The Morgan fingerprint density at radius 1 is 1.26 bits per heavy atom. The Kier molecular flexibility index (Phi) is 5.41. The van der Waals surface area contributed by atoms with Crippen LogP contribution in [0.25, 0.3) is 0 Å². The maximum Gasteiger partial charge on any atom is 0.259 e. The number of amides is 1. The molecule has 0 aliphatic carbocycles. The van der Waals surface area contributed by atoms with Gasteiger partial charge in [-0.3, -0.25) is 14.7 Å². The van der Waals surface area contributed by atoms with E-state index in [0.717, 1.165) is 26.0 Å². The van der Waals surface area contributed by atoms with Gasteiger partial charge in [0.05, 0.1) is 6.54 Å². The number of amidine groups is 1. The van der Waals surface area contributed by atoms with Crippen molar-refractivity contribution < 1.29 is 4.79 Å². The Labute approximate surface area is 152 Å². The molecule has 6 heteroatoms. The molecule has 0 bridgehead atoms. The SMILES string of the molecule is O=C(c1ccc(Br)cc1)N1CCN=C1SCc1cccc(Cl)c1. The molecule has 0 spiro atoms. The third-order valence-corrected chi connectivity index (χ3v) is 5.24. The van der Waals surface area contributed by atoms with Gasteiger partial charge in [-0.15, -0.1) is 0 Å². The van der Waals surface area contributed by atoms with Crippen molar-refractivity contribution in [1.82, 2.24) is 4.90 Å². The quantitative estimate of drug-likeness (QED) is 0.726. The molecule has 2 aromatic carbocycles. The number of benzene rings is 2. The van der Waals surface area contributed by atoms with Gasteiger partial charge in [0.2, 0.25) is 0 Å². The van der Waals surface area contributed by atoms with Crippen LogP contribution in [0.15, 0.2) is 58.0 Å². The van der Waals surface area contributed by atoms with Crippen LogP contribution in [-0.4, -0.2) is 29.1 Å².